The lowest BCUT2D eigenvalue weighted by Crippen LogP contribution is -2.24. The summed E-state index contributed by atoms with van der Waals surface area (Å²) in [5, 5.41) is 0. The van der Waals surface area contributed by atoms with Crippen LogP contribution >= 0.6 is 0 Å². The highest BCUT2D eigenvalue weighted by molar-refractivity contribution is 5.60. The maximum absolute atomic E-state index is 14.8. The number of benzene rings is 2. The standard InChI is InChI=1S/C25H27F3O3/c1-3-5-15-6-9-19(30-14-15)10-7-16-12-18-13-17-8-11-20(29-4-2)22(27)24(17)31-25(18)23(28)21(16)26/h7-8,10-12,15,19H,3-6,9,13-14H2,1-2H3/b10-7+. The van der Waals surface area contributed by atoms with E-state index < -0.39 is 17.5 Å². The fraction of sp³-hybridized carbons (Fsp3) is 0.440. The van der Waals surface area contributed by atoms with Crippen molar-refractivity contribution in [3.05, 3.63) is 58.4 Å². The third kappa shape index (κ3) is 4.45. The number of halogens is 3. The summed E-state index contributed by atoms with van der Waals surface area (Å²) < 4.78 is 60.7. The van der Waals surface area contributed by atoms with E-state index in [4.69, 9.17) is 14.2 Å². The fourth-order valence-electron chi connectivity index (χ4n) is 4.27. The highest BCUT2D eigenvalue weighted by Crippen LogP contribution is 2.43. The summed E-state index contributed by atoms with van der Waals surface area (Å²) in [6.45, 7) is 4.88. The van der Waals surface area contributed by atoms with Gasteiger partial charge in [-0.1, -0.05) is 31.6 Å². The van der Waals surface area contributed by atoms with Crippen LogP contribution in [0.3, 0.4) is 0 Å². The van der Waals surface area contributed by atoms with E-state index in [2.05, 4.69) is 6.92 Å². The molecule has 2 aliphatic heterocycles. The summed E-state index contributed by atoms with van der Waals surface area (Å²) >= 11 is 0. The van der Waals surface area contributed by atoms with Crippen molar-refractivity contribution in [3.63, 3.8) is 0 Å². The molecule has 6 heteroatoms. The second kappa shape index (κ2) is 9.35. The maximum atomic E-state index is 14.8. The molecule has 3 nitrogen and oxygen atoms in total. The summed E-state index contributed by atoms with van der Waals surface area (Å²) in [5.74, 6) is -2.61. The van der Waals surface area contributed by atoms with E-state index in [0.29, 0.717) is 23.7 Å². The fourth-order valence-corrected chi connectivity index (χ4v) is 4.27. The molecule has 4 rings (SSSR count). The molecule has 1 fully saturated rings. The molecule has 2 aliphatic rings. The Labute approximate surface area is 180 Å². The van der Waals surface area contributed by atoms with Crippen LogP contribution < -0.4 is 9.47 Å². The molecule has 2 aromatic rings. The first-order valence-corrected chi connectivity index (χ1v) is 10.9. The molecule has 2 atom stereocenters. The van der Waals surface area contributed by atoms with Crippen LogP contribution in [-0.4, -0.2) is 19.3 Å². The Morgan fingerprint density at radius 3 is 2.55 bits per heavy atom. The topological polar surface area (TPSA) is 27.7 Å². The maximum Gasteiger partial charge on any atom is 0.207 e. The van der Waals surface area contributed by atoms with Gasteiger partial charge in [0.2, 0.25) is 11.6 Å². The van der Waals surface area contributed by atoms with Gasteiger partial charge in [0.1, 0.15) is 0 Å². The molecule has 0 radical (unpaired) electrons. The van der Waals surface area contributed by atoms with E-state index in [1.165, 1.54) is 6.07 Å². The van der Waals surface area contributed by atoms with Crippen molar-refractivity contribution in [2.24, 2.45) is 5.92 Å². The highest BCUT2D eigenvalue weighted by atomic mass is 19.2. The zero-order chi connectivity index (χ0) is 22.0. The Kier molecular flexibility index (Phi) is 6.56. The molecular formula is C25H27F3O3. The van der Waals surface area contributed by atoms with E-state index in [1.54, 1.807) is 31.2 Å². The third-order valence-corrected chi connectivity index (χ3v) is 5.89. The van der Waals surface area contributed by atoms with E-state index in [1.807, 2.05) is 0 Å². The molecule has 2 heterocycles. The van der Waals surface area contributed by atoms with Gasteiger partial charge in [-0.15, -0.1) is 0 Å². The average molecular weight is 432 g/mol. The molecule has 0 bridgehead atoms. The number of ether oxygens (including phenoxy) is 3. The van der Waals surface area contributed by atoms with Crippen molar-refractivity contribution in [1.29, 1.82) is 0 Å². The SMILES string of the molecule is CCCC1CCC(/C=C/c2cc3c(c(F)c2F)Oc2c(ccc(OCC)c2F)C3)OC1. The van der Waals surface area contributed by atoms with Crippen LogP contribution in [-0.2, 0) is 11.2 Å². The summed E-state index contributed by atoms with van der Waals surface area (Å²) in [6, 6.07) is 4.77. The zero-order valence-corrected chi connectivity index (χ0v) is 17.8. The van der Waals surface area contributed by atoms with E-state index >= 15 is 0 Å². The molecule has 2 unspecified atom stereocenters. The molecule has 0 saturated carbocycles. The van der Waals surface area contributed by atoms with Crippen molar-refractivity contribution < 1.29 is 27.4 Å². The summed E-state index contributed by atoms with van der Waals surface area (Å²) in [5.41, 5.74) is 1.17. The van der Waals surface area contributed by atoms with Gasteiger partial charge in [0.15, 0.2) is 23.1 Å². The molecule has 0 N–H and O–H groups in total. The molecule has 166 valence electrons. The lowest BCUT2D eigenvalue weighted by molar-refractivity contribution is 0.00878. The van der Waals surface area contributed by atoms with E-state index in [-0.39, 0.29) is 41.9 Å². The minimum atomic E-state index is -1.11. The largest absolute Gasteiger partial charge is 0.491 e. The van der Waals surface area contributed by atoms with Crippen molar-refractivity contribution in [1.82, 2.24) is 0 Å². The molecule has 31 heavy (non-hydrogen) atoms. The molecule has 0 aliphatic carbocycles. The minimum Gasteiger partial charge on any atom is -0.491 e. The van der Waals surface area contributed by atoms with Crippen molar-refractivity contribution in [2.45, 2.75) is 52.1 Å². The first kappa shape index (κ1) is 21.8. The lowest BCUT2D eigenvalue weighted by Gasteiger charge is -2.27. The first-order chi connectivity index (χ1) is 15.0. The molecule has 0 aromatic heterocycles. The second-order valence-corrected chi connectivity index (χ2v) is 8.12. The van der Waals surface area contributed by atoms with Gasteiger partial charge in [-0.25, -0.2) is 4.39 Å². The van der Waals surface area contributed by atoms with Gasteiger partial charge in [-0.05, 0) is 44.2 Å². The van der Waals surface area contributed by atoms with Crippen LogP contribution in [0.4, 0.5) is 13.2 Å². The highest BCUT2D eigenvalue weighted by Gasteiger charge is 2.28. The Morgan fingerprint density at radius 2 is 1.84 bits per heavy atom. The van der Waals surface area contributed by atoms with Gasteiger partial charge in [0.25, 0.3) is 0 Å². The molecular weight excluding hydrogens is 405 g/mol. The number of hydrogen-bond acceptors (Lipinski definition) is 3. The third-order valence-electron chi connectivity index (χ3n) is 5.89. The minimum absolute atomic E-state index is 0.0267. The van der Waals surface area contributed by atoms with Crippen molar-refractivity contribution >= 4 is 6.08 Å². The second-order valence-electron chi connectivity index (χ2n) is 8.12. The smallest absolute Gasteiger partial charge is 0.207 e. The number of fused-ring (bicyclic) bond motifs is 2. The average Bonchev–Trinajstić information content (AvgIpc) is 2.78. The van der Waals surface area contributed by atoms with Crippen LogP contribution in [0.25, 0.3) is 6.08 Å². The molecule has 0 spiro atoms. The summed E-state index contributed by atoms with van der Waals surface area (Å²) in [6.07, 6.45) is 7.72. The zero-order valence-electron chi connectivity index (χ0n) is 17.8. The quantitative estimate of drug-likeness (QED) is 0.428. The summed E-state index contributed by atoms with van der Waals surface area (Å²) in [7, 11) is 0. The van der Waals surface area contributed by atoms with Crippen LogP contribution in [0.15, 0.2) is 24.3 Å². The van der Waals surface area contributed by atoms with Gasteiger partial charge < -0.3 is 14.2 Å². The van der Waals surface area contributed by atoms with Gasteiger partial charge in [0, 0.05) is 23.1 Å². The Bertz CT molecular complexity index is 979. The molecule has 1 saturated heterocycles. The number of hydrogen-bond donors (Lipinski definition) is 0. The lowest BCUT2D eigenvalue weighted by atomic mass is 9.93. The predicted molar refractivity (Wildman–Crippen MR) is 113 cm³/mol. The van der Waals surface area contributed by atoms with E-state index in [9.17, 15) is 13.2 Å². The van der Waals surface area contributed by atoms with Crippen LogP contribution in [0.1, 0.15) is 56.2 Å². The predicted octanol–water partition coefficient (Wildman–Crippen LogP) is 6.81. The van der Waals surface area contributed by atoms with Gasteiger partial charge in [0.05, 0.1) is 19.3 Å². The van der Waals surface area contributed by atoms with Crippen molar-refractivity contribution in [3.8, 4) is 17.2 Å². The summed E-state index contributed by atoms with van der Waals surface area (Å²) in [4.78, 5) is 0. The van der Waals surface area contributed by atoms with Crippen LogP contribution in [0.5, 0.6) is 17.2 Å². The number of rotatable bonds is 6. The van der Waals surface area contributed by atoms with Crippen LogP contribution in [0.2, 0.25) is 0 Å². The Morgan fingerprint density at radius 1 is 1.03 bits per heavy atom. The first-order valence-electron chi connectivity index (χ1n) is 10.9. The molecule has 0 amide bonds. The van der Waals surface area contributed by atoms with Gasteiger partial charge >= 0.3 is 0 Å². The monoisotopic (exact) mass is 432 g/mol. The van der Waals surface area contributed by atoms with Crippen molar-refractivity contribution in [2.75, 3.05) is 13.2 Å². The van der Waals surface area contributed by atoms with E-state index in [0.717, 1.165) is 25.7 Å². The molecule has 2 aromatic carbocycles. The van der Waals surface area contributed by atoms with Crippen LogP contribution in [0, 0.1) is 23.4 Å². The van der Waals surface area contributed by atoms with Gasteiger partial charge in [-0.3, -0.25) is 0 Å². The Balaban J connectivity index is 1.55. The normalized spacial score (nSPS) is 20.3. The van der Waals surface area contributed by atoms with Gasteiger partial charge in [-0.2, -0.15) is 8.78 Å². The Hall–Kier alpha value is -2.47.